The zero-order valence-electron chi connectivity index (χ0n) is 17.9. The van der Waals surface area contributed by atoms with Gasteiger partial charge in [0.1, 0.15) is 11.6 Å². The number of halogens is 1. The number of nitrogens with zero attached hydrogens (tertiary/aromatic N) is 2. The average Bonchev–Trinajstić information content (AvgIpc) is 2.79. The van der Waals surface area contributed by atoms with Gasteiger partial charge in [-0.2, -0.15) is 0 Å². The quantitative estimate of drug-likeness (QED) is 0.535. The van der Waals surface area contributed by atoms with Crippen LogP contribution in [0.1, 0.15) is 47.8 Å². The first kappa shape index (κ1) is 20.2. The van der Waals surface area contributed by atoms with Gasteiger partial charge < -0.3 is 4.74 Å². The predicted molar refractivity (Wildman–Crippen MR) is 119 cm³/mol. The number of imide groups is 1. The van der Waals surface area contributed by atoms with Crippen molar-refractivity contribution >= 4 is 17.6 Å². The van der Waals surface area contributed by atoms with Gasteiger partial charge >= 0.3 is 6.03 Å². The molecular weight excluding hydrogens is 407 g/mol. The largest absolute Gasteiger partial charge is 0.467 e. The summed E-state index contributed by atoms with van der Waals surface area (Å²) in [6.45, 7) is 3.93. The summed E-state index contributed by atoms with van der Waals surface area (Å²) in [4.78, 5) is 30.3. The summed E-state index contributed by atoms with van der Waals surface area (Å²) in [5.41, 5.74) is 1.84. The lowest BCUT2D eigenvalue weighted by Crippen LogP contribution is -2.67. The van der Waals surface area contributed by atoms with E-state index in [0.717, 1.165) is 17.5 Å². The fourth-order valence-electron chi connectivity index (χ4n) is 4.67. The molecule has 0 aromatic heterocycles. The minimum Gasteiger partial charge on any atom is -0.467 e. The minimum atomic E-state index is -0.956. The Kier molecular flexibility index (Phi) is 4.73. The molecule has 2 bridgehead atoms. The second kappa shape index (κ2) is 7.48. The fraction of sp³-hybridized carbons (Fsp3) is 0.231. The van der Waals surface area contributed by atoms with E-state index in [1.807, 2.05) is 62.4 Å². The number of aryl methyl sites for hydroxylation is 1. The Bertz CT molecular complexity index is 1210. The average molecular weight is 430 g/mol. The molecule has 3 aromatic carbocycles. The van der Waals surface area contributed by atoms with Gasteiger partial charge in [-0.25, -0.2) is 9.18 Å². The number of para-hydroxylation sites is 1. The van der Waals surface area contributed by atoms with Crippen molar-refractivity contribution in [3.05, 3.63) is 95.3 Å². The Balaban J connectivity index is 1.66. The highest BCUT2D eigenvalue weighted by atomic mass is 19.1. The number of rotatable bonds is 3. The van der Waals surface area contributed by atoms with E-state index in [9.17, 15) is 14.0 Å². The monoisotopic (exact) mass is 430 g/mol. The normalized spacial score (nSPS) is 21.7. The van der Waals surface area contributed by atoms with Crippen LogP contribution in [0.4, 0.5) is 14.9 Å². The van der Waals surface area contributed by atoms with Crippen LogP contribution in [0.2, 0.25) is 0 Å². The van der Waals surface area contributed by atoms with Gasteiger partial charge in [0.15, 0.2) is 5.72 Å². The highest BCUT2D eigenvalue weighted by molar-refractivity contribution is 6.10. The van der Waals surface area contributed by atoms with Crippen LogP contribution in [0.3, 0.4) is 0 Å². The Labute approximate surface area is 186 Å². The first-order valence-electron chi connectivity index (χ1n) is 10.7. The molecule has 1 saturated heterocycles. The van der Waals surface area contributed by atoms with E-state index in [0.29, 0.717) is 17.9 Å². The van der Waals surface area contributed by atoms with Crippen LogP contribution in [-0.4, -0.2) is 22.6 Å². The summed E-state index contributed by atoms with van der Waals surface area (Å²) >= 11 is 0. The van der Waals surface area contributed by atoms with E-state index in [2.05, 4.69) is 0 Å². The van der Waals surface area contributed by atoms with Gasteiger partial charge in [0, 0.05) is 23.2 Å². The minimum absolute atomic E-state index is 0.259. The van der Waals surface area contributed by atoms with Gasteiger partial charge in [-0.3, -0.25) is 14.6 Å². The first-order chi connectivity index (χ1) is 15.4. The summed E-state index contributed by atoms with van der Waals surface area (Å²) in [5.74, 6) is -0.254. The lowest BCUT2D eigenvalue weighted by molar-refractivity contribution is 0.00268. The molecule has 0 aliphatic carbocycles. The van der Waals surface area contributed by atoms with Crippen molar-refractivity contribution in [2.45, 2.75) is 38.5 Å². The molecule has 0 radical (unpaired) electrons. The number of fused-ring (bicyclic) bond motifs is 4. The van der Waals surface area contributed by atoms with Crippen LogP contribution >= 0.6 is 0 Å². The van der Waals surface area contributed by atoms with E-state index >= 15 is 0 Å². The molecule has 6 heteroatoms. The van der Waals surface area contributed by atoms with E-state index in [4.69, 9.17) is 4.74 Å². The van der Waals surface area contributed by atoms with Crippen molar-refractivity contribution in [3.63, 3.8) is 0 Å². The lowest BCUT2D eigenvalue weighted by Gasteiger charge is -2.53. The Morgan fingerprint density at radius 2 is 1.84 bits per heavy atom. The van der Waals surface area contributed by atoms with E-state index in [-0.39, 0.29) is 5.56 Å². The molecule has 5 nitrogen and oxygen atoms in total. The summed E-state index contributed by atoms with van der Waals surface area (Å²) < 4.78 is 19.8. The molecule has 0 unspecified atom stereocenters. The zero-order chi connectivity index (χ0) is 22.5. The number of ether oxygens (including phenoxy) is 1. The third-order valence-corrected chi connectivity index (χ3v) is 6.25. The fourth-order valence-corrected chi connectivity index (χ4v) is 4.67. The number of urea groups is 1. The maximum Gasteiger partial charge on any atom is 0.335 e. The van der Waals surface area contributed by atoms with Gasteiger partial charge in [0.05, 0.1) is 6.04 Å². The second-order valence-electron chi connectivity index (χ2n) is 8.36. The number of carbonyl (C=O) groups excluding carboxylic acids is 2. The number of amides is 3. The summed E-state index contributed by atoms with van der Waals surface area (Å²) in [6.07, 6.45) is 1.23. The molecule has 0 spiro atoms. The van der Waals surface area contributed by atoms with Crippen molar-refractivity contribution in [3.8, 4) is 5.75 Å². The molecule has 32 heavy (non-hydrogen) atoms. The van der Waals surface area contributed by atoms with Gasteiger partial charge in [-0.1, -0.05) is 37.3 Å². The van der Waals surface area contributed by atoms with Crippen molar-refractivity contribution in [1.29, 1.82) is 0 Å². The van der Waals surface area contributed by atoms with Crippen LogP contribution in [0.5, 0.6) is 5.75 Å². The number of hydrogen-bond acceptors (Lipinski definition) is 3. The number of anilines is 1. The molecule has 2 aliphatic heterocycles. The summed E-state index contributed by atoms with van der Waals surface area (Å²) in [5, 5.41) is 0. The zero-order valence-corrected chi connectivity index (χ0v) is 17.9. The van der Waals surface area contributed by atoms with Crippen molar-refractivity contribution in [1.82, 2.24) is 4.90 Å². The summed E-state index contributed by atoms with van der Waals surface area (Å²) in [6, 6.07) is 19.5. The van der Waals surface area contributed by atoms with Gasteiger partial charge in [-0.15, -0.1) is 0 Å². The maximum absolute atomic E-state index is 13.9. The summed E-state index contributed by atoms with van der Waals surface area (Å²) in [7, 11) is 0. The SMILES string of the molecule is CCc1cccc(N2C(=O)N(C(=O)c3ccc(F)cc3)[C@H]3C[C@@]2(C)Oc2ccccc23)c1. The maximum atomic E-state index is 13.9. The topological polar surface area (TPSA) is 49.9 Å². The van der Waals surface area contributed by atoms with Crippen LogP contribution in [0, 0.1) is 5.82 Å². The van der Waals surface area contributed by atoms with Crippen molar-refractivity contribution in [2.24, 2.45) is 0 Å². The van der Waals surface area contributed by atoms with Crippen molar-refractivity contribution in [2.75, 3.05) is 4.90 Å². The first-order valence-corrected chi connectivity index (χ1v) is 10.7. The Hall–Kier alpha value is -3.67. The van der Waals surface area contributed by atoms with E-state index < -0.39 is 29.5 Å². The van der Waals surface area contributed by atoms with E-state index in [1.165, 1.54) is 29.2 Å². The Morgan fingerprint density at radius 1 is 1.09 bits per heavy atom. The predicted octanol–water partition coefficient (Wildman–Crippen LogP) is 5.71. The highest BCUT2D eigenvalue weighted by Gasteiger charge is 2.55. The molecule has 0 N–H and O–H groups in total. The Morgan fingerprint density at radius 3 is 2.59 bits per heavy atom. The van der Waals surface area contributed by atoms with Gasteiger partial charge in [0.25, 0.3) is 5.91 Å². The van der Waals surface area contributed by atoms with Crippen LogP contribution in [-0.2, 0) is 6.42 Å². The lowest BCUT2D eigenvalue weighted by atomic mass is 9.88. The molecule has 3 aromatic rings. The standard InChI is InChI=1S/C26H23FN2O3/c1-3-17-7-6-8-20(15-17)29-25(31)28(24(30)18-11-13-19(27)14-12-18)22-16-26(29,2)32-23-10-5-4-9-21(22)23/h4-15,22H,3,16H2,1-2H3/t22-,26+/m0/s1. The molecule has 3 amide bonds. The molecule has 162 valence electrons. The molecule has 2 atom stereocenters. The van der Waals surface area contributed by atoms with Crippen LogP contribution < -0.4 is 9.64 Å². The van der Waals surface area contributed by atoms with E-state index in [1.54, 1.807) is 4.90 Å². The molecule has 2 aliphatic rings. The number of benzene rings is 3. The third kappa shape index (κ3) is 3.14. The van der Waals surface area contributed by atoms with Crippen LogP contribution in [0.15, 0.2) is 72.8 Å². The molecule has 1 fully saturated rings. The molecule has 5 rings (SSSR count). The molecule has 0 saturated carbocycles. The number of hydrogen-bond donors (Lipinski definition) is 0. The smallest absolute Gasteiger partial charge is 0.335 e. The third-order valence-electron chi connectivity index (χ3n) is 6.25. The van der Waals surface area contributed by atoms with Crippen LogP contribution in [0.25, 0.3) is 0 Å². The second-order valence-corrected chi connectivity index (χ2v) is 8.36. The van der Waals surface area contributed by atoms with Gasteiger partial charge in [0.2, 0.25) is 0 Å². The molecular formula is C26H23FN2O3. The highest BCUT2D eigenvalue weighted by Crippen LogP contribution is 2.49. The van der Waals surface area contributed by atoms with Crippen molar-refractivity contribution < 1.29 is 18.7 Å². The number of carbonyl (C=O) groups is 2. The molecule has 2 heterocycles. The van der Waals surface area contributed by atoms with Gasteiger partial charge in [-0.05, 0) is 61.4 Å².